The Balaban J connectivity index is 1.57. The molecule has 1 fully saturated rings. The average Bonchev–Trinajstić information content (AvgIpc) is 3.17. The smallest absolute Gasteiger partial charge is 0.335 e. The number of hydrogen-bond donors (Lipinski definition) is 2. The van der Waals surface area contributed by atoms with E-state index in [1.807, 2.05) is 6.92 Å². The van der Waals surface area contributed by atoms with Gasteiger partial charge in [-0.15, -0.1) is 0 Å². The molecule has 200 valence electrons. The number of carbonyl (C=O) groups excluding carboxylic acids is 1. The number of aliphatic imine (C=N–C) groups is 1. The molecule has 0 saturated carbocycles. The summed E-state index contributed by atoms with van der Waals surface area (Å²) in [5.41, 5.74) is 2.21. The van der Waals surface area contributed by atoms with Crippen LogP contribution in [-0.4, -0.2) is 51.8 Å². The molecule has 1 amide bonds. The number of amidine groups is 1. The molecule has 0 radical (unpaired) electrons. The maximum Gasteiger partial charge on any atom is 0.335 e. The highest BCUT2D eigenvalue weighted by molar-refractivity contribution is 9.10. The molecule has 1 heterocycles. The maximum atomic E-state index is 13.0. The van der Waals surface area contributed by atoms with Crippen molar-refractivity contribution in [1.82, 2.24) is 4.90 Å². The fraction of sp³-hybridized carbons (Fsp3) is 0.143. The molecule has 0 aliphatic carbocycles. The minimum atomic E-state index is -1.06. The average molecular weight is 611 g/mol. The molecule has 2 N–H and O–H groups in total. The number of hydrogen-bond acceptors (Lipinski definition) is 7. The molecule has 3 aromatic rings. The molecule has 1 aliphatic heterocycles. The Morgan fingerprint density at radius 3 is 2.36 bits per heavy atom. The van der Waals surface area contributed by atoms with Crippen LogP contribution < -0.4 is 9.47 Å². The van der Waals surface area contributed by atoms with Crippen molar-refractivity contribution in [3.05, 3.63) is 92.3 Å². The van der Waals surface area contributed by atoms with Crippen LogP contribution in [0.5, 0.6) is 11.5 Å². The summed E-state index contributed by atoms with van der Waals surface area (Å²) in [6.45, 7) is 2.45. The SMILES string of the molecule is CCOc1cc(C=C2SC(=Nc3cccc(C(=O)O)c3)N(C)C2=O)c(Br)cc1OCc1ccc(C(=O)O)cc1. The Kier molecular flexibility index (Phi) is 8.72. The van der Waals surface area contributed by atoms with Gasteiger partial charge in [0.25, 0.3) is 5.91 Å². The zero-order valence-electron chi connectivity index (χ0n) is 20.9. The summed E-state index contributed by atoms with van der Waals surface area (Å²) in [5, 5.41) is 18.7. The predicted molar refractivity (Wildman–Crippen MR) is 152 cm³/mol. The molecule has 39 heavy (non-hydrogen) atoms. The minimum absolute atomic E-state index is 0.108. The van der Waals surface area contributed by atoms with E-state index in [1.54, 1.807) is 49.5 Å². The number of likely N-dealkylation sites (N-methyl/N-ethyl adjacent to an activating group) is 1. The number of carbonyl (C=O) groups is 3. The van der Waals surface area contributed by atoms with E-state index in [9.17, 15) is 19.5 Å². The second kappa shape index (κ2) is 12.2. The summed E-state index contributed by atoms with van der Waals surface area (Å²) >= 11 is 4.73. The predicted octanol–water partition coefficient (Wildman–Crippen LogP) is 6.06. The minimum Gasteiger partial charge on any atom is -0.490 e. The van der Waals surface area contributed by atoms with Gasteiger partial charge in [0.1, 0.15) is 6.61 Å². The molecule has 11 heteroatoms. The van der Waals surface area contributed by atoms with Gasteiger partial charge in [0.05, 0.1) is 28.3 Å². The Labute approximate surface area is 236 Å². The largest absolute Gasteiger partial charge is 0.490 e. The lowest BCUT2D eigenvalue weighted by Crippen LogP contribution is -2.23. The van der Waals surface area contributed by atoms with Crippen LogP contribution in [-0.2, 0) is 11.4 Å². The van der Waals surface area contributed by atoms with Gasteiger partial charge in [0.2, 0.25) is 0 Å². The Bertz CT molecular complexity index is 1500. The van der Waals surface area contributed by atoms with Gasteiger partial charge in [-0.3, -0.25) is 9.69 Å². The number of carboxylic acids is 2. The number of ether oxygens (including phenoxy) is 2. The van der Waals surface area contributed by atoms with E-state index >= 15 is 0 Å². The molecule has 0 unspecified atom stereocenters. The van der Waals surface area contributed by atoms with E-state index in [4.69, 9.17) is 14.6 Å². The number of amides is 1. The number of thioether (sulfide) groups is 1. The third kappa shape index (κ3) is 6.68. The quantitative estimate of drug-likeness (QED) is 0.280. The van der Waals surface area contributed by atoms with Crippen LogP contribution in [0, 0.1) is 0 Å². The Hall–Kier alpha value is -4.09. The van der Waals surface area contributed by atoms with Crippen molar-refractivity contribution in [1.29, 1.82) is 0 Å². The number of benzene rings is 3. The van der Waals surface area contributed by atoms with Gasteiger partial charge in [-0.25, -0.2) is 14.6 Å². The van der Waals surface area contributed by atoms with E-state index < -0.39 is 11.9 Å². The lowest BCUT2D eigenvalue weighted by atomic mass is 10.1. The van der Waals surface area contributed by atoms with Gasteiger partial charge in [-0.1, -0.05) is 34.1 Å². The fourth-order valence-corrected chi connectivity index (χ4v) is 4.97. The van der Waals surface area contributed by atoms with Crippen molar-refractivity contribution in [2.75, 3.05) is 13.7 Å². The molecule has 3 aromatic carbocycles. The highest BCUT2D eigenvalue weighted by atomic mass is 79.9. The van der Waals surface area contributed by atoms with Crippen molar-refractivity contribution in [3.8, 4) is 11.5 Å². The molecule has 9 nitrogen and oxygen atoms in total. The molecule has 0 spiro atoms. The number of aromatic carboxylic acids is 2. The first-order valence-electron chi connectivity index (χ1n) is 11.7. The lowest BCUT2D eigenvalue weighted by Gasteiger charge is -2.14. The molecular weight excluding hydrogens is 588 g/mol. The standard InChI is InChI=1S/C28H23BrN2O7S/c1-3-37-22-12-19(21(29)14-23(22)38-15-16-7-9-17(10-8-16)26(33)34)13-24-25(32)31(2)28(39-24)30-20-6-4-5-18(11-20)27(35)36/h4-14H,3,15H2,1-2H3,(H,33,34)(H,35,36). The van der Waals surface area contributed by atoms with Crippen LogP contribution in [0.2, 0.25) is 0 Å². The van der Waals surface area contributed by atoms with Crippen LogP contribution in [0.15, 0.2) is 75.0 Å². The van der Waals surface area contributed by atoms with Gasteiger partial charge in [0.15, 0.2) is 16.7 Å². The number of halogens is 1. The van der Waals surface area contributed by atoms with Crippen molar-refractivity contribution in [3.63, 3.8) is 0 Å². The van der Waals surface area contributed by atoms with Crippen LogP contribution in [0.3, 0.4) is 0 Å². The highest BCUT2D eigenvalue weighted by Crippen LogP contribution is 2.38. The number of carboxylic acid groups (broad SMARTS) is 2. The van der Waals surface area contributed by atoms with Crippen LogP contribution in [0.25, 0.3) is 6.08 Å². The second-order valence-electron chi connectivity index (χ2n) is 8.27. The van der Waals surface area contributed by atoms with Crippen LogP contribution in [0.1, 0.15) is 38.8 Å². The van der Waals surface area contributed by atoms with Gasteiger partial charge in [0, 0.05) is 11.5 Å². The second-order valence-corrected chi connectivity index (χ2v) is 10.1. The number of nitrogens with zero attached hydrogens (tertiary/aromatic N) is 2. The van der Waals surface area contributed by atoms with Gasteiger partial charge in [-0.05, 0) is 78.4 Å². The van der Waals surface area contributed by atoms with E-state index in [0.29, 0.717) is 43.9 Å². The van der Waals surface area contributed by atoms with Gasteiger partial charge >= 0.3 is 11.9 Å². The summed E-state index contributed by atoms with van der Waals surface area (Å²) in [4.78, 5) is 41.6. The summed E-state index contributed by atoms with van der Waals surface area (Å²) in [6, 6.07) is 16.1. The van der Waals surface area contributed by atoms with Crippen molar-refractivity contribution < 1.29 is 34.1 Å². The molecule has 1 aliphatic rings. The third-order valence-corrected chi connectivity index (χ3v) is 7.31. The molecule has 0 bridgehead atoms. The third-order valence-electron chi connectivity index (χ3n) is 5.57. The molecule has 1 saturated heterocycles. The topological polar surface area (TPSA) is 126 Å². The first-order chi connectivity index (χ1) is 18.7. The molecular formula is C28H23BrN2O7S. The molecule has 0 aromatic heterocycles. The molecule has 0 atom stereocenters. The Morgan fingerprint density at radius 2 is 1.69 bits per heavy atom. The van der Waals surface area contributed by atoms with E-state index in [0.717, 1.165) is 5.56 Å². The van der Waals surface area contributed by atoms with E-state index in [2.05, 4.69) is 20.9 Å². The van der Waals surface area contributed by atoms with Crippen LogP contribution >= 0.6 is 27.7 Å². The zero-order chi connectivity index (χ0) is 28.1. The first-order valence-corrected chi connectivity index (χ1v) is 13.3. The summed E-state index contributed by atoms with van der Waals surface area (Å²) in [5.74, 6) is -1.33. The summed E-state index contributed by atoms with van der Waals surface area (Å²) in [6.07, 6.45) is 1.72. The summed E-state index contributed by atoms with van der Waals surface area (Å²) in [7, 11) is 1.61. The lowest BCUT2D eigenvalue weighted by molar-refractivity contribution is -0.121. The fourth-order valence-electron chi connectivity index (χ4n) is 3.56. The van der Waals surface area contributed by atoms with Crippen molar-refractivity contribution in [2.24, 2.45) is 4.99 Å². The maximum absolute atomic E-state index is 13.0. The van der Waals surface area contributed by atoms with Crippen LogP contribution in [0.4, 0.5) is 5.69 Å². The first kappa shape index (κ1) is 27.9. The van der Waals surface area contributed by atoms with Crippen molar-refractivity contribution >= 4 is 62.5 Å². The number of rotatable bonds is 9. The van der Waals surface area contributed by atoms with Gasteiger partial charge < -0.3 is 19.7 Å². The van der Waals surface area contributed by atoms with Gasteiger partial charge in [-0.2, -0.15) is 0 Å². The monoisotopic (exact) mass is 610 g/mol. The highest BCUT2D eigenvalue weighted by Gasteiger charge is 2.30. The van der Waals surface area contributed by atoms with Crippen molar-refractivity contribution in [2.45, 2.75) is 13.5 Å². The molecule has 4 rings (SSSR count). The summed E-state index contributed by atoms with van der Waals surface area (Å²) < 4.78 is 12.4. The van der Waals surface area contributed by atoms with E-state index in [-0.39, 0.29) is 23.6 Å². The van der Waals surface area contributed by atoms with E-state index in [1.165, 1.54) is 40.9 Å². The Morgan fingerprint density at radius 1 is 1.00 bits per heavy atom. The zero-order valence-corrected chi connectivity index (χ0v) is 23.3. The normalized spacial score (nSPS) is 15.2.